The minimum absolute atomic E-state index is 1.24. The second-order valence-electron chi connectivity index (χ2n) is 3.21. The van der Waals surface area contributed by atoms with E-state index in [-0.39, 0.29) is 0 Å². The molecule has 0 saturated carbocycles. The zero-order valence-electron chi connectivity index (χ0n) is 7.09. The van der Waals surface area contributed by atoms with Crippen molar-refractivity contribution in [2.24, 2.45) is 0 Å². The Morgan fingerprint density at radius 1 is 1.18 bits per heavy atom. The first-order valence-electron chi connectivity index (χ1n) is 4.10. The standard InChI is InChI=1S/C10H13N/c1-8-4-3-5-10(9(8)2)11-6-7-11/h3-5H,6-7H2,1-2H3. The largest absolute Gasteiger partial charge is 0.368 e. The normalized spacial score (nSPS) is 15.3. The average Bonchev–Trinajstić information content (AvgIpc) is 2.77. The molecule has 1 aliphatic heterocycles. The lowest BCUT2D eigenvalue weighted by Crippen LogP contribution is -1.94. The number of nitrogens with zero attached hydrogens (tertiary/aromatic N) is 1. The monoisotopic (exact) mass is 147 g/mol. The second-order valence-corrected chi connectivity index (χ2v) is 3.21. The molecule has 58 valence electrons. The zero-order valence-corrected chi connectivity index (χ0v) is 7.09. The summed E-state index contributed by atoms with van der Waals surface area (Å²) in [7, 11) is 0. The van der Waals surface area contributed by atoms with Crippen molar-refractivity contribution in [2.75, 3.05) is 18.0 Å². The third kappa shape index (κ3) is 1.11. The van der Waals surface area contributed by atoms with Gasteiger partial charge in [-0.3, -0.25) is 0 Å². The van der Waals surface area contributed by atoms with Gasteiger partial charge in [0.05, 0.1) is 0 Å². The van der Waals surface area contributed by atoms with Crippen molar-refractivity contribution in [1.29, 1.82) is 0 Å². The van der Waals surface area contributed by atoms with E-state index in [0.29, 0.717) is 0 Å². The summed E-state index contributed by atoms with van der Waals surface area (Å²) in [6.45, 7) is 6.85. The van der Waals surface area contributed by atoms with Crippen molar-refractivity contribution in [1.82, 2.24) is 0 Å². The Morgan fingerprint density at radius 2 is 1.91 bits per heavy atom. The van der Waals surface area contributed by atoms with Gasteiger partial charge in [-0.05, 0) is 31.0 Å². The molecule has 1 aromatic rings. The highest BCUT2D eigenvalue weighted by atomic mass is 15.3. The molecule has 0 spiro atoms. The van der Waals surface area contributed by atoms with E-state index in [1.54, 1.807) is 0 Å². The smallest absolute Gasteiger partial charge is 0.0399 e. The molecule has 1 fully saturated rings. The first-order valence-corrected chi connectivity index (χ1v) is 4.10. The average molecular weight is 147 g/mol. The summed E-state index contributed by atoms with van der Waals surface area (Å²) in [4.78, 5) is 2.39. The van der Waals surface area contributed by atoms with E-state index in [9.17, 15) is 0 Å². The van der Waals surface area contributed by atoms with E-state index in [2.05, 4.69) is 36.9 Å². The number of anilines is 1. The topological polar surface area (TPSA) is 3.01 Å². The van der Waals surface area contributed by atoms with E-state index in [0.717, 1.165) is 0 Å². The summed E-state index contributed by atoms with van der Waals surface area (Å²) in [6, 6.07) is 6.51. The van der Waals surface area contributed by atoms with Crippen LogP contribution in [0.1, 0.15) is 11.1 Å². The predicted octanol–water partition coefficient (Wildman–Crippen LogP) is 2.12. The lowest BCUT2D eigenvalue weighted by molar-refractivity contribution is 1.27. The van der Waals surface area contributed by atoms with Crippen LogP contribution < -0.4 is 4.90 Å². The first-order chi connectivity index (χ1) is 5.29. The molecular weight excluding hydrogens is 134 g/mol. The van der Waals surface area contributed by atoms with Crippen molar-refractivity contribution in [3.63, 3.8) is 0 Å². The number of rotatable bonds is 1. The van der Waals surface area contributed by atoms with Gasteiger partial charge in [0.1, 0.15) is 0 Å². The van der Waals surface area contributed by atoms with Crippen molar-refractivity contribution >= 4 is 5.69 Å². The zero-order chi connectivity index (χ0) is 7.84. The van der Waals surface area contributed by atoms with Crippen LogP contribution in [-0.2, 0) is 0 Å². The van der Waals surface area contributed by atoms with Crippen LogP contribution in [0.5, 0.6) is 0 Å². The van der Waals surface area contributed by atoms with Crippen LogP contribution in [0.2, 0.25) is 0 Å². The molecule has 0 bridgehead atoms. The maximum atomic E-state index is 2.39. The van der Waals surface area contributed by atoms with Gasteiger partial charge in [-0.1, -0.05) is 12.1 Å². The fourth-order valence-electron chi connectivity index (χ4n) is 1.37. The van der Waals surface area contributed by atoms with Crippen LogP contribution in [0, 0.1) is 13.8 Å². The van der Waals surface area contributed by atoms with Gasteiger partial charge in [-0.25, -0.2) is 0 Å². The van der Waals surface area contributed by atoms with Crippen LogP contribution >= 0.6 is 0 Å². The van der Waals surface area contributed by atoms with Gasteiger partial charge < -0.3 is 4.90 Å². The number of hydrogen-bond acceptors (Lipinski definition) is 1. The molecule has 0 aromatic heterocycles. The Balaban J connectivity index is 2.45. The van der Waals surface area contributed by atoms with Crippen molar-refractivity contribution in [2.45, 2.75) is 13.8 Å². The predicted molar refractivity (Wildman–Crippen MR) is 48.1 cm³/mol. The van der Waals surface area contributed by atoms with Crippen molar-refractivity contribution < 1.29 is 0 Å². The molecule has 11 heavy (non-hydrogen) atoms. The molecule has 0 aliphatic carbocycles. The molecule has 1 aromatic carbocycles. The quantitative estimate of drug-likeness (QED) is 0.550. The summed E-state index contributed by atoms with van der Waals surface area (Å²) in [5.41, 5.74) is 4.25. The van der Waals surface area contributed by atoms with Gasteiger partial charge in [0.15, 0.2) is 0 Å². The summed E-state index contributed by atoms with van der Waals surface area (Å²) >= 11 is 0. The highest BCUT2D eigenvalue weighted by Crippen LogP contribution is 2.26. The summed E-state index contributed by atoms with van der Waals surface area (Å²) < 4.78 is 0. The fraction of sp³-hybridized carbons (Fsp3) is 0.400. The first kappa shape index (κ1) is 6.71. The molecule has 1 heteroatoms. The molecule has 0 unspecified atom stereocenters. The van der Waals surface area contributed by atoms with Gasteiger partial charge >= 0.3 is 0 Å². The van der Waals surface area contributed by atoms with E-state index >= 15 is 0 Å². The highest BCUT2D eigenvalue weighted by molar-refractivity contribution is 5.59. The third-order valence-electron chi connectivity index (χ3n) is 2.36. The Hall–Kier alpha value is -0.980. The van der Waals surface area contributed by atoms with Gasteiger partial charge in [-0.15, -0.1) is 0 Å². The van der Waals surface area contributed by atoms with Gasteiger partial charge in [-0.2, -0.15) is 0 Å². The summed E-state index contributed by atoms with van der Waals surface area (Å²) in [5.74, 6) is 0. The molecule has 0 N–H and O–H groups in total. The summed E-state index contributed by atoms with van der Waals surface area (Å²) in [6.07, 6.45) is 0. The van der Waals surface area contributed by atoms with E-state index in [1.807, 2.05) is 0 Å². The SMILES string of the molecule is Cc1cccc(N2CC2)c1C. The molecule has 2 rings (SSSR count). The third-order valence-corrected chi connectivity index (χ3v) is 2.36. The molecular formula is C10H13N. The van der Waals surface area contributed by atoms with Crippen LogP contribution in [0.3, 0.4) is 0 Å². The minimum atomic E-state index is 1.24. The Kier molecular flexibility index (Phi) is 1.38. The maximum Gasteiger partial charge on any atom is 0.0399 e. The number of aryl methyl sites for hydroxylation is 1. The molecule has 1 saturated heterocycles. The Bertz CT molecular complexity index is 274. The van der Waals surface area contributed by atoms with Gasteiger partial charge in [0, 0.05) is 18.8 Å². The van der Waals surface area contributed by atoms with E-state index in [4.69, 9.17) is 0 Å². The van der Waals surface area contributed by atoms with E-state index in [1.165, 1.54) is 29.9 Å². The Morgan fingerprint density at radius 3 is 2.55 bits per heavy atom. The van der Waals surface area contributed by atoms with Gasteiger partial charge in [0.25, 0.3) is 0 Å². The molecule has 0 amide bonds. The fourth-order valence-corrected chi connectivity index (χ4v) is 1.37. The molecule has 0 radical (unpaired) electrons. The molecule has 0 atom stereocenters. The van der Waals surface area contributed by atoms with Crippen molar-refractivity contribution in [3.8, 4) is 0 Å². The molecule has 1 heterocycles. The number of benzene rings is 1. The number of hydrogen-bond donors (Lipinski definition) is 0. The second kappa shape index (κ2) is 2.26. The highest BCUT2D eigenvalue weighted by Gasteiger charge is 2.19. The Labute approximate surface area is 67.6 Å². The van der Waals surface area contributed by atoms with E-state index < -0.39 is 0 Å². The minimum Gasteiger partial charge on any atom is -0.368 e. The lowest BCUT2D eigenvalue weighted by atomic mass is 10.1. The summed E-state index contributed by atoms with van der Waals surface area (Å²) in [5, 5.41) is 0. The van der Waals surface area contributed by atoms with Crippen molar-refractivity contribution in [3.05, 3.63) is 29.3 Å². The van der Waals surface area contributed by atoms with Crippen LogP contribution in [0.4, 0.5) is 5.69 Å². The molecule has 1 aliphatic rings. The van der Waals surface area contributed by atoms with Crippen LogP contribution in [-0.4, -0.2) is 13.1 Å². The van der Waals surface area contributed by atoms with Gasteiger partial charge in [0.2, 0.25) is 0 Å². The molecule has 1 nitrogen and oxygen atoms in total. The van der Waals surface area contributed by atoms with Crippen LogP contribution in [0.15, 0.2) is 18.2 Å². The van der Waals surface area contributed by atoms with Crippen LogP contribution in [0.25, 0.3) is 0 Å². The lowest BCUT2D eigenvalue weighted by Gasteiger charge is -2.08. The maximum absolute atomic E-state index is 2.39.